The Labute approximate surface area is 75.6 Å². The molecular weight excluding hydrogens is 172 g/mol. The summed E-state index contributed by atoms with van der Waals surface area (Å²) in [6.45, 7) is 1.17. The third-order valence-electron chi connectivity index (χ3n) is 1.88. The van der Waals surface area contributed by atoms with Crippen molar-refractivity contribution in [2.45, 2.75) is 18.8 Å². The van der Waals surface area contributed by atoms with Crippen LogP contribution in [0, 0.1) is 0 Å². The maximum Gasteiger partial charge on any atom is 0.197 e. The third kappa shape index (κ3) is 1.59. The van der Waals surface area contributed by atoms with E-state index in [0.717, 1.165) is 10.8 Å². The average Bonchev–Trinajstić information content (AvgIpc) is 2.83. The van der Waals surface area contributed by atoms with Crippen molar-refractivity contribution in [1.29, 1.82) is 0 Å². The van der Waals surface area contributed by atoms with Crippen LogP contribution in [0.2, 0.25) is 0 Å². The lowest BCUT2D eigenvalue weighted by Gasteiger charge is -2.02. The molecule has 0 bridgehead atoms. The molecule has 2 N–H and O–H groups in total. The van der Waals surface area contributed by atoms with Gasteiger partial charge in [-0.25, -0.2) is 4.98 Å². The maximum absolute atomic E-state index is 5.46. The van der Waals surface area contributed by atoms with Gasteiger partial charge >= 0.3 is 0 Å². The van der Waals surface area contributed by atoms with Gasteiger partial charge in [0.05, 0.1) is 11.2 Å². The van der Waals surface area contributed by atoms with Crippen LogP contribution in [0.15, 0.2) is 5.51 Å². The first-order valence-electron chi connectivity index (χ1n) is 4.18. The highest BCUT2D eigenvalue weighted by Crippen LogP contribution is 2.44. The van der Waals surface area contributed by atoms with Crippen LogP contribution < -0.4 is 10.5 Å². The molecule has 0 amide bonds. The van der Waals surface area contributed by atoms with Crippen molar-refractivity contribution >= 4 is 11.3 Å². The number of aromatic nitrogens is 1. The standard InChI is InChI=1S/C8H12N2OS/c9-3-4-11-8-7(6-1-2-6)10-5-12-8/h5-6H,1-4,9H2. The van der Waals surface area contributed by atoms with Gasteiger partial charge in [-0.05, 0) is 12.8 Å². The number of nitrogens with zero attached hydrogens (tertiary/aromatic N) is 1. The summed E-state index contributed by atoms with van der Waals surface area (Å²) in [5.74, 6) is 0.670. The van der Waals surface area contributed by atoms with E-state index >= 15 is 0 Å². The molecule has 1 aromatic heterocycles. The molecule has 12 heavy (non-hydrogen) atoms. The van der Waals surface area contributed by atoms with Crippen molar-refractivity contribution in [2.24, 2.45) is 5.73 Å². The smallest absolute Gasteiger partial charge is 0.197 e. The topological polar surface area (TPSA) is 48.1 Å². The molecule has 0 aliphatic heterocycles. The summed E-state index contributed by atoms with van der Waals surface area (Å²) < 4.78 is 5.46. The lowest BCUT2D eigenvalue weighted by Crippen LogP contribution is -2.10. The second kappa shape index (κ2) is 3.41. The molecule has 0 unspecified atom stereocenters. The second-order valence-corrected chi connectivity index (χ2v) is 3.75. The molecule has 3 nitrogen and oxygen atoms in total. The van der Waals surface area contributed by atoms with Crippen LogP contribution >= 0.6 is 11.3 Å². The Kier molecular flexibility index (Phi) is 2.28. The third-order valence-corrected chi connectivity index (χ3v) is 2.63. The van der Waals surface area contributed by atoms with Crippen molar-refractivity contribution in [2.75, 3.05) is 13.2 Å². The molecule has 1 saturated carbocycles. The first-order valence-corrected chi connectivity index (χ1v) is 5.06. The van der Waals surface area contributed by atoms with Gasteiger partial charge in [-0.2, -0.15) is 0 Å². The predicted molar refractivity (Wildman–Crippen MR) is 48.6 cm³/mol. The fraction of sp³-hybridized carbons (Fsp3) is 0.625. The highest BCUT2D eigenvalue weighted by atomic mass is 32.1. The zero-order valence-corrected chi connectivity index (χ0v) is 7.64. The Morgan fingerprint density at radius 1 is 1.67 bits per heavy atom. The van der Waals surface area contributed by atoms with Crippen LogP contribution in [0.25, 0.3) is 0 Å². The number of rotatable bonds is 4. The van der Waals surface area contributed by atoms with Crippen molar-refractivity contribution in [1.82, 2.24) is 4.98 Å². The number of ether oxygens (including phenoxy) is 1. The van der Waals surface area contributed by atoms with Gasteiger partial charge in [-0.15, -0.1) is 0 Å². The van der Waals surface area contributed by atoms with Gasteiger partial charge in [0.15, 0.2) is 5.06 Å². The molecule has 0 atom stereocenters. The molecule has 0 aromatic carbocycles. The van der Waals surface area contributed by atoms with E-state index in [4.69, 9.17) is 10.5 Å². The van der Waals surface area contributed by atoms with Crippen molar-refractivity contribution in [3.05, 3.63) is 11.2 Å². The Bertz CT molecular complexity index is 257. The highest BCUT2D eigenvalue weighted by molar-refractivity contribution is 7.11. The molecule has 1 fully saturated rings. The highest BCUT2D eigenvalue weighted by Gasteiger charge is 2.29. The van der Waals surface area contributed by atoms with E-state index in [9.17, 15) is 0 Å². The summed E-state index contributed by atoms with van der Waals surface area (Å²) in [6.07, 6.45) is 2.53. The first-order chi connectivity index (χ1) is 5.92. The molecule has 0 saturated heterocycles. The van der Waals surface area contributed by atoms with E-state index in [-0.39, 0.29) is 0 Å². The molecule has 1 aromatic rings. The fourth-order valence-corrected chi connectivity index (χ4v) is 1.89. The summed E-state index contributed by atoms with van der Waals surface area (Å²) in [5.41, 5.74) is 8.34. The predicted octanol–water partition coefficient (Wildman–Crippen LogP) is 1.36. The monoisotopic (exact) mass is 184 g/mol. The number of hydrogen-bond donors (Lipinski definition) is 1. The molecule has 0 radical (unpaired) electrons. The van der Waals surface area contributed by atoms with E-state index in [1.807, 2.05) is 5.51 Å². The maximum atomic E-state index is 5.46. The summed E-state index contributed by atoms with van der Waals surface area (Å²) >= 11 is 1.57. The molecular formula is C8H12N2OS. The Hall–Kier alpha value is -0.610. The van der Waals surface area contributed by atoms with Crippen LogP contribution in [0.5, 0.6) is 5.06 Å². The lowest BCUT2D eigenvalue weighted by molar-refractivity contribution is 0.333. The Morgan fingerprint density at radius 2 is 2.50 bits per heavy atom. The van der Waals surface area contributed by atoms with Gasteiger partial charge in [0, 0.05) is 12.5 Å². The van der Waals surface area contributed by atoms with Crippen molar-refractivity contribution in [3.8, 4) is 5.06 Å². The Morgan fingerprint density at radius 3 is 3.17 bits per heavy atom. The van der Waals surface area contributed by atoms with Crippen molar-refractivity contribution in [3.63, 3.8) is 0 Å². The Balaban J connectivity index is 2.03. The van der Waals surface area contributed by atoms with Crippen LogP contribution in [0.3, 0.4) is 0 Å². The largest absolute Gasteiger partial charge is 0.481 e. The summed E-state index contributed by atoms with van der Waals surface area (Å²) in [6, 6.07) is 0. The van der Waals surface area contributed by atoms with E-state index in [0.29, 0.717) is 19.1 Å². The van der Waals surface area contributed by atoms with Gasteiger partial charge in [0.2, 0.25) is 0 Å². The van der Waals surface area contributed by atoms with Crippen LogP contribution in [-0.4, -0.2) is 18.1 Å². The molecule has 1 aliphatic carbocycles. The van der Waals surface area contributed by atoms with Gasteiger partial charge in [0.1, 0.15) is 6.61 Å². The summed E-state index contributed by atoms with van der Waals surface area (Å²) in [4.78, 5) is 4.28. The normalized spacial score (nSPS) is 16.4. The number of nitrogens with two attached hydrogens (primary N) is 1. The number of hydrogen-bond acceptors (Lipinski definition) is 4. The molecule has 4 heteroatoms. The first kappa shape index (κ1) is 8.01. The fourth-order valence-electron chi connectivity index (χ4n) is 1.13. The minimum atomic E-state index is 0.571. The van der Waals surface area contributed by atoms with Gasteiger partial charge in [-0.3, -0.25) is 0 Å². The van der Waals surface area contributed by atoms with E-state index in [1.165, 1.54) is 12.8 Å². The van der Waals surface area contributed by atoms with Crippen LogP contribution in [-0.2, 0) is 0 Å². The number of thiazole rings is 1. The zero-order chi connectivity index (χ0) is 8.39. The van der Waals surface area contributed by atoms with E-state index < -0.39 is 0 Å². The lowest BCUT2D eigenvalue weighted by atomic mass is 10.3. The average molecular weight is 184 g/mol. The molecule has 0 spiro atoms. The van der Waals surface area contributed by atoms with E-state index in [1.54, 1.807) is 11.3 Å². The van der Waals surface area contributed by atoms with Gasteiger partial charge in [-0.1, -0.05) is 11.3 Å². The second-order valence-electron chi connectivity index (χ2n) is 2.94. The summed E-state index contributed by atoms with van der Waals surface area (Å²) in [5, 5.41) is 0.975. The van der Waals surface area contributed by atoms with Crippen molar-refractivity contribution < 1.29 is 4.74 Å². The summed E-state index contributed by atoms with van der Waals surface area (Å²) in [7, 11) is 0. The van der Waals surface area contributed by atoms with Gasteiger partial charge in [0.25, 0.3) is 0 Å². The van der Waals surface area contributed by atoms with Crippen LogP contribution in [0.4, 0.5) is 0 Å². The van der Waals surface area contributed by atoms with Gasteiger partial charge < -0.3 is 10.5 Å². The van der Waals surface area contributed by atoms with E-state index in [2.05, 4.69) is 4.98 Å². The minimum absolute atomic E-state index is 0.571. The zero-order valence-electron chi connectivity index (χ0n) is 6.82. The SMILES string of the molecule is NCCOc1scnc1C1CC1. The van der Waals surface area contributed by atoms with Crippen LogP contribution in [0.1, 0.15) is 24.5 Å². The quantitative estimate of drug-likeness (QED) is 0.768. The molecule has 1 aliphatic rings. The minimum Gasteiger partial charge on any atom is -0.481 e. The molecule has 66 valence electrons. The molecule has 2 rings (SSSR count). The molecule has 1 heterocycles.